The maximum Gasteiger partial charge on any atom is 0.248 e. The topological polar surface area (TPSA) is 95.5 Å². The summed E-state index contributed by atoms with van der Waals surface area (Å²) in [7, 11) is 0. The zero-order valence-corrected chi connectivity index (χ0v) is 14.3. The highest BCUT2D eigenvalue weighted by Gasteiger charge is 2.45. The molecule has 27 heavy (non-hydrogen) atoms. The van der Waals surface area contributed by atoms with E-state index in [0.717, 1.165) is 0 Å². The molecule has 2 fully saturated rings. The van der Waals surface area contributed by atoms with Crippen molar-refractivity contribution in [2.24, 2.45) is 5.92 Å². The average Bonchev–Trinajstić information content (AvgIpc) is 2.86. The lowest BCUT2D eigenvalue weighted by Gasteiger charge is -2.34. The minimum atomic E-state index is -2.69. The van der Waals surface area contributed by atoms with Gasteiger partial charge in [0.1, 0.15) is 17.1 Å². The zero-order chi connectivity index (χ0) is 19.2. The van der Waals surface area contributed by atoms with Crippen molar-refractivity contribution in [2.45, 2.75) is 43.8 Å². The van der Waals surface area contributed by atoms with Crippen LogP contribution in [0, 0.1) is 23.1 Å². The van der Waals surface area contributed by atoms with Crippen LogP contribution in [-0.4, -0.2) is 51.0 Å². The van der Waals surface area contributed by atoms with Gasteiger partial charge in [-0.25, -0.2) is 22.7 Å². The highest BCUT2D eigenvalue weighted by molar-refractivity contribution is 5.58. The summed E-state index contributed by atoms with van der Waals surface area (Å²) < 4.78 is 47.2. The predicted molar refractivity (Wildman–Crippen MR) is 87.9 cm³/mol. The van der Waals surface area contributed by atoms with Gasteiger partial charge in [0.25, 0.3) is 0 Å². The number of aliphatic hydroxyl groups excluding tert-OH is 1. The Bertz CT molecular complexity index is 902. The third-order valence-electron chi connectivity index (χ3n) is 5.13. The van der Waals surface area contributed by atoms with Crippen molar-refractivity contribution >= 4 is 11.5 Å². The van der Waals surface area contributed by atoms with Gasteiger partial charge in [0.2, 0.25) is 11.9 Å². The predicted octanol–water partition coefficient (Wildman–Crippen LogP) is 1.89. The first-order chi connectivity index (χ1) is 12.9. The molecule has 0 radical (unpaired) electrons. The Kier molecular flexibility index (Phi) is 4.44. The quantitative estimate of drug-likeness (QED) is 0.840. The van der Waals surface area contributed by atoms with Crippen molar-refractivity contribution in [2.75, 3.05) is 18.5 Å². The van der Waals surface area contributed by atoms with E-state index < -0.39 is 17.8 Å². The molecule has 1 saturated heterocycles. The maximum absolute atomic E-state index is 14.5. The van der Waals surface area contributed by atoms with Gasteiger partial charge in [-0.05, 0) is 18.8 Å². The molecule has 1 aliphatic heterocycles. The van der Waals surface area contributed by atoms with Crippen LogP contribution >= 0.6 is 0 Å². The molecule has 0 bridgehead atoms. The fourth-order valence-corrected chi connectivity index (χ4v) is 3.70. The minimum absolute atomic E-state index is 0.0192. The van der Waals surface area contributed by atoms with Gasteiger partial charge in [-0.15, -0.1) is 5.10 Å². The second-order valence-corrected chi connectivity index (χ2v) is 7.14. The smallest absolute Gasteiger partial charge is 0.248 e. The van der Waals surface area contributed by atoms with Gasteiger partial charge in [-0.1, -0.05) is 0 Å². The van der Waals surface area contributed by atoms with E-state index in [4.69, 9.17) is 4.74 Å². The van der Waals surface area contributed by atoms with Crippen LogP contribution < -0.4 is 5.32 Å². The Morgan fingerprint density at radius 3 is 2.89 bits per heavy atom. The molecule has 2 N–H and O–H groups in total. The van der Waals surface area contributed by atoms with Crippen molar-refractivity contribution in [3.8, 4) is 6.07 Å². The van der Waals surface area contributed by atoms with Gasteiger partial charge in [0, 0.05) is 19.4 Å². The monoisotopic (exact) mass is 381 g/mol. The van der Waals surface area contributed by atoms with E-state index in [2.05, 4.69) is 15.4 Å². The minimum Gasteiger partial charge on any atom is -0.389 e. The molecule has 0 unspecified atom stereocenters. The molecule has 1 saturated carbocycles. The Labute approximate surface area is 152 Å². The number of aromatic nitrogens is 3. The molecular formula is C17H18F3N5O2. The Morgan fingerprint density at radius 1 is 1.44 bits per heavy atom. The van der Waals surface area contributed by atoms with E-state index in [9.17, 15) is 23.5 Å². The van der Waals surface area contributed by atoms with E-state index >= 15 is 0 Å². The van der Waals surface area contributed by atoms with Crippen molar-refractivity contribution in [3.63, 3.8) is 0 Å². The molecule has 10 heteroatoms. The molecule has 7 nitrogen and oxygen atoms in total. The molecule has 2 aliphatic rings. The molecule has 3 heterocycles. The lowest BCUT2D eigenvalue weighted by Crippen LogP contribution is -2.42. The SMILES string of the molecule is N#Cc1c(F)c2cnc(N[C@@H]3CCOC[C@H]3O)nn2c1CC1CC(F)(F)C1. The number of halogens is 3. The number of hydrogen-bond donors (Lipinski definition) is 2. The van der Waals surface area contributed by atoms with Gasteiger partial charge in [0.15, 0.2) is 5.82 Å². The van der Waals surface area contributed by atoms with Gasteiger partial charge in [-0.2, -0.15) is 5.26 Å². The van der Waals surface area contributed by atoms with Gasteiger partial charge in [0.05, 0.1) is 30.6 Å². The van der Waals surface area contributed by atoms with Crippen molar-refractivity contribution in [1.82, 2.24) is 14.6 Å². The molecule has 4 rings (SSSR count). The highest BCUT2D eigenvalue weighted by Crippen LogP contribution is 2.44. The van der Waals surface area contributed by atoms with Crippen molar-refractivity contribution in [1.29, 1.82) is 5.26 Å². The fraction of sp³-hybridized carbons (Fsp3) is 0.588. The number of rotatable bonds is 4. The number of nitrogens with zero attached hydrogens (tertiary/aromatic N) is 4. The van der Waals surface area contributed by atoms with Crippen LogP contribution in [0.3, 0.4) is 0 Å². The molecule has 2 atom stereocenters. The number of nitriles is 1. The van der Waals surface area contributed by atoms with Crippen LogP contribution in [0.1, 0.15) is 30.5 Å². The molecule has 0 aromatic carbocycles. The summed E-state index contributed by atoms with van der Waals surface area (Å²) >= 11 is 0. The summed E-state index contributed by atoms with van der Waals surface area (Å²) in [5.41, 5.74) is 0.0944. The second-order valence-electron chi connectivity index (χ2n) is 7.14. The molecule has 144 valence electrons. The molecule has 2 aromatic heterocycles. The van der Waals surface area contributed by atoms with E-state index in [1.165, 1.54) is 10.7 Å². The molecule has 1 aliphatic carbocycles. The van der Waals surface area contributed by atoms with E-state index in [1.54, 1.807) is 0 Å². The summed E-state index contributed by atoms with van der Waals surface area (Å²) in [5, 5.41) is 26.5. The van der Waals surface area contributed by atoms with Crippen molar-refractivity contribution < 1.29 is 23.0 Å². The molecule has 0 spiro atoms. The highest BCUT2D eigenvalue weighted by atomic mass is 19.3. The van der Waals surface area contributed by atoms with E-state index in [-0.39, 0.29) is 60.6 Å². The summed E-state index contributed by atoms with van der Waals surface area (Å²) in [6.45, 7) is 0.673. The number of fused-ring (bicyclic) bond motifs is 1. The molecule has 2 aromatic rings. The largest absolute Gasteiger partial charge is 0.389 e. The van der Waals surface area contributed by atoms with Crippen LogP contribution in [0.2, 0.25) is 0 Å². The molecule has 0 amide bonds. The third kappa shape index (κ3) is 3.33. The first kappa shape index (κ1) is 18.0. The Hall–Kier alpha value is -2.38. The number of aliphatic hydroxyl groups is 1. The summed E-state index contributed by atoms with van der Waals surface area (Å²) in [6.07, 6.45) is 0.645. The van der Waals surface area contributed by atoms with E-state index in [1.807, 2.05) is 6.07 Å². The van der Waals surface area contributed by atoms with Crippen LogP contribution in [0.4, 0.5) is 19.1 Å². The fourth-order valence-electron chi connectivity index (χ4n) is 3.70. The number of alkyl halides is 2. The third-order valence-corrected chi connectivity index (χ3v) is 5.13. The van der Waals surface area contributed by atoms with Gasteiger partial charge in [-0.3, -0.25) is 0 Å². The lowest BCUT2D eigenvalue weighted by molar-refractivity contribution is -0.110. The van der Waals surface area contributed by atoms with Crippen LogP contribution in [0.5, 0.6) is 0 Å². The van der Waals surface area contributed by atoms with Gasteiger partial charge >= 0.3 is 0 Å². The summed E-state index contributed by atoms with van der Waals surface area (Å²) in [6, 6.07) is 1.49. The van der Waals surface area contributed by atoms with Crippen LogP contribution in [0.15, 0.2) is 6.20 Å². The zero-order valence-electron chi connectivity index (χ0n) is 14.3. The normalized spacial score (nSPS) is 25.1. The Balaban J connectivity index is 1.65. The number of anilines is 1. The van der Waals surface area contributed by atoms with Crippen LogP contribution in [-0.2, 0) is 11.2 Å². The number of nitrogens with one attached hydrogen (secondary N) is 1. The maximum atomic E-state index is 14.5. The van der Waals surface area contributed by atoms with Crippen molar-refractivity contribution in [3.05, 3.63) is 23.3 Å². The lowest BCUT2D eigenvalue weighted by atomic mass is 9.78. The van der Waals surface area contributed by atoms with Gasteiger partial charge < -0.3 is 15.2 Å². The number of ether oxygens (including phenoxy) is 1. The average molecular weight is 381 g/mol. The van der Waals surface area contributed by atoms with Crippen LogP contribution in [0.25, 0.3) is 5.52 Å². The number of hydrogen-bond acceptors (Lipinski definition) is 6. The Morgan fingerprint density at radius 2 is 2.22 bits per heavy atom. The van der Waals surface area contributed by atoms with E-state index in [0.29, 0.717) is 13.0 Å². The first-order valence-electron chi connectivity index (χ1n) is 8.74. The standard InChI is InChI=1S/C17H18F3N5O2/c18-15-10(6-21)12(3-9-4-17(19,20)5-9)25-13(15)7-22-16(24-25)23-11-1-2-27-8-14(11)26/h7,9,11,14,26H,1-5,8H2,(H,23,24)/t11-,14-/m1/s1. The molecular weight excluding hydrogens is 363 g/mol. The summed E-state index contributed by atoms with van der Waals surface area (Å²) in [4.78, 5) is 4.06. The second kappa shape index (κ2) is 6.65. The summed E-state index contributed by atoms with van der Waals surface area (Å²) in [5.74, 6) is -3.61. The first-order valence-corrected chi connectivity index (χ1v) is 8.74.